The molecule has 0 aromatic heterocycles. The van der Waals surface area contributed by atoms with Crippen LogP contribution in [0.4, 0.5) is 0 Å². The molecule has 1 fully saturated rings. The van der Waals surface area contributed by atoms with Crippen molar-refractivity contribution in [2.45, 2.75) is 31.7 Å². The summed E-state index contributed by atoms with van der Waals surface area (Å²) >= 11 is 0. The SMILES string of the molecule is COc1ccc(C(=O)NC(CN)C2CCCC2)c(OC)c1OC. The van der Waals surface area contributed by atoms with E-state index in [1.165, 1.54) is 27.1 Å². The van der Waals surface area contributed by atoms with Crippen LogP contribution in [0.3, 0.4) is 0 Å². The molecule has 1 saturated carbocycles. The van der Waals surface area contributed by atoms with Gasteiger partial charge in [0.2, 0.25) is 5.75 Å². The van der Waals surface area contributed by atoms with Crippen molar-refractivity contribution in [1.82, 2.24) is 5.32 Å². The number of amides is 1. The lowest BCUT2D eigenvalue weighted by Crippen LogP contribution is -2.44. The summed E-state index contributed by atoms with van der Waals surface area (Å²) in [6, 6.07) is 3.36. The third-order valence-corrected chi connectivity index (χ3v) is 4.49. The monoisotopic (exact) mass is 322 g/mol. The predicted octanol–water partition coefficient (Wildman–Crippen LogP) is 1.96. The Balaban J connectivity index is 2.24. The summed E-state index contributed by atoms with van der Waals surface area (Å²) in [5, 5.41) is 3.05. The number of carbonyl (C=O) groups is 1. The third kappa shape index (κ3) is 3.69. The van der Waals surface area contributed by atoms with E-state index in [4.69, 9.17) is 19.9 Å². The Morgan fingerprint density at radius 2 is 1.83 bits per heavy atom. The van der Waals surface area contributed by atoms with E-state index in [0.717, 1.165) is 12.8 Å². The second-order valence-electron chi connectivity index (χ2n) is 5.74. The zero-order valence-corrected chi connectivity index (χ0v) is 14.1. The van der Waals surface area contributed by atoms with Crippen LogP contribution >= 0.6 is 0 Å². The van der Waals surface area contributed by atoms with Crippen LogP contribution in [0.25, 0.3) is 0 Å². The molecule has 1 aliphatic carbocycles. The average molecular weight is 322 g/mol. The molecule has 0 aliphatic heterocycles. The zero-order chi connectivity index (χ0) is 16.8. The summed E-state index contributed by atoms with van der Waals surface area (Å²) in [7, 11) is 4.57. The van der Waals surface area contributed by atoms with Crippen molar-refractivity contribution < 1.29 is 19.0 Å². The van der Waals surface area contributed by atoms with Crippen LogP contribution in [0.2, 0.25) is 0 Å². The molecule has 23 heavy (non-hydrogen) atoms. The van der Waals surface area contributed by atoms with Crippen molar-refractivity contribution in [1.29, 1.82) is 0 Å². The first-order valence-electron chi connectivity index (χ1n) is 7.96. The highest BCUT2D eigenvalue weighted by Gasteiger charge is 2.27. The fraction of sp³-hybridized carbons (Fsp3) is 0.588. The summed E-state index contributed by atoms with van der Waals surface area (Å²) in [5.41, 5.74) is 6.28. The number of ether oxygens (including phenoxy) is 3. The first kappa shape index (κ1) is 17.4. The smallest absolute Gasteiger partial charge is 0.255 e. The molecule has 6 nitrogen and oxygen atoms in total. The molecule has 0 bridgehead atoms. The average Bonchev–Trinajstić information content (AvgIpc) is 3.12. The largest absolute Gasteiger partial charge is 0.493 e. The van der Waals surface area contributed by atoms with Crippen LogP contribution < -0.4 is 25.3 Å². The molecule has 1 aromatic carbocycles. The van der Waals surface area contributed by atoms with E-state index >= 15 is 0 Å². The van der Waals surface area contributed by atoms with E-state index in [2.05, 4.69) is 5.32 Å². The second kappa shape index (κ2) is 8.06. The second-order valence-corrected chi connectivity index (χ2v) is 5.74. The molecule has 0 saturated heterocycles. The normalized spacial score (nSPS) is 16.0. The van der Waals surface area contributed by atoms with Crippen LogP contribution in [0.1, 0.15) is 36.0 Å². The number of nitrogens with one attached hydrogen (secondary N) is 1. The Kier molecular flexibility index (Phi) is 6.10. The molecule has 1 amide bonds. The van der Waals surface area contributed by atoms with Gasteiger partial charge in [0.25, 0.3) is 5.91 Å². The molecule has 1 aromatic rings. The van der Waals surface area contributed by atoms with E-state index in [0.29, 0.717) is 35.3 Å². The lowest BCUT2D eigenvalue weighted by atomic mass is 9.97. The topological polar surface area (TPSA) is 82.8 Å². The molecule has 2 rings (SSSR count). The Morgan fingerprint density at radius 3 is 2.35 bits per heavy atom. The van der Waals surface area contributed by atoms with Crippen molar-refractivity contribution >= 4 is 5.91 Å². The van der Waals surface area contributed by atoms with Crippen LogP contribution in [0, 0.1) is 5.92 Å². The van der Waals surface area contributed by atoms with Crippen molar-refractivity contribution in [2.24, 2.45) is 11.7 Å². The van der Waals surface area contributed by atoms with E-state index in [9.17, 15) is 4.79 Å². The van der Waals surface area contributed by atoms with E-state index < -0.39 is 0 Å². The molecule has 3 N–H and O–H groups in total. The Hall–Kier alpha value is -1.95. The summed E-state index contributed by atoms with van der Waals surface area (Å²) in [6.45, 7) is 0.437. The molecule has 1 aliphatic rings. The van der Waals surface area contributed by atoms with Gasteiger partial charge < -0.3 is 25.3 Å². The van der Waals surface area contributed by atoms with Gasteiger partial charge in [0.15, 0.2) is 11.5 Å². The Labute approximate surface area is 137 Å². The van der Waals surface area contributed by atoms with Gasteiger partial charge in [-0.1, -0.05) is 12.8 Å². The molecule has 0 radical (unpaired) electrons. The van der Waals surface area contributed by atoms with Crippen LogP contribution in [0.5, 0.6) is 17.2 Å². The van der Waals surface area contributed by atoms with Gasteiger partial charge in [-0.05, 0) is 30.9 Å². The number of benzene rings is 1. The molecular weight excluding hydrogens is 296 g/mol. The number of hydrogen-bond acceptors (Lipinski definition) is 5. The number of methoxy groups -OCH3 is 3. The van der Waals surface area contributed by atoms with Gasteiger partial charge in [-0.2, -0.15) is 0 Å². The summed E-state index contributed by atoms with van der Waals surface area (Å²) in [5.74, 6) is 1.55. The minimum absolute atomic E-state index is 0.0113. The molecule has 0 heterocycles. The highest BCUT2D eigenvalue weighted by atomic mass is 16.5. The fourth-order valence-electron chi connectivity index (χ4n) is 3.26. The van der Waals surface area contributed by atoms with Gasteiger partial charge in [0, 0.05) is 12.6 Å². The van der Waals surface area contributed by atoms with E-state index in [1.807, 2.05) is 0 Å². The zero-order valence-electron chi connectivity index (χ0n) is 14.1. The van der Waals surface area contributed by atoms with Gasteiger partial charge in [-0.3, -0.25) is 4.79 Å². The molecule has 0 spiro atoms. The van der Waals surface area contributed by atoms with E-state index in [1.54, 1.807) is 19.2 Å². The van der Waals surface area contributed by atoms with Crippen molar-refractivity contribution in [3.63, 3.8) is 0 Å². The predicted molar refractivity (Wildman–Crippen MR) is 88.4 cm³/mol. The highest BCUT2D eigenvalue weighted by molar-refractivity contribution is 5.98. The van der Waals surface area contributed by atoms with Crippen molar-refractivity contribution in [3.8, 4) is 17.2 Å². The van der Waals surface area contributed by atoms with E-state index in [-0.39, 0.29) is 11.9 Å². The van der Waals surface area contributed by atoms with Crippen LogP contribution in [0.15, 0.2) is 12.1 Å². The van der Waals surface area contributed by atoms with Gasteiger partial charge in [-0.25, -0.2) is 0 Å². The minimum atomic E-state index is -0.204. The van der Waals surface area contributed by atoms with Gasteiger partial charge in [-0.15, -0.1) is 0 Å². The Bertz CT molecular complexity index is 542. The molecule has 6 heteroatoms. The molecular formula is C17H26N2O4. The summed E-state index contributed by atoms with van der Waals surface area (Å²) in [4.78, 5) is 12.7. The first-order valence-corrected chi connectivity index (χ1v) is 7.96. The maximum Gasteiger partial charge on any atom is 0.255 e. The maximum atomic E-state index is 12.7. The quantitative estimate of drug-likeness (QED) is 0.802. The van der Waals surface area contributed by atoms with Gasteiger partial charge >= 0.3 is 0 Å². The summed E-state index contributed by atoms with van der Waals surface area (Å²) in [6.07, 6.45) is 4.64. The number of carbonyl (C=O) groups excluding carboxylic acids is 1. The molecule has 1 atom stereocenters. The number of rotatable bonds is 7. The lowest BCUT2D eigenvalue weighted by Gasteiger charge is -2.24. The summed E-state index contributed by atoms with van der Waals surface area (Å²) < 4.78 is 15.9. The van der Waals surface area contributed by atoms with Crippen LogP contribution in [-0.2, 0) is 0 Å². The third-order valence-electron chi connectivity index (χ3n) is 4.49. The fourth-order valence-corrected chi connectivity index (χ4v) is 3.26. The standard InChI is InChI=1S/C17H26N2O4/c1-21-14-9-8-12(15(22-2)16(14)23-3)17(20)19-13(10-18)11-6-4-5-7-11/h8-9,11,13H,4-7,10,18H2,1-3H3,(H,19,20). The van der Waals surface area contributed by atoms with Crippen LogP contribution in [-0.4, -0.2) is 39.8 Å². The van der Waals surface area contributed by atoms with Gasteiger partial charge in [0.05, 0.1) is 26.9 Å². The van der Waals surface area contributed by atoms with Crippen molar-refractivity contribution in [2.75, 3.05) is 27.9 Å². The molecule has 1 unspecified atom stereocenters. The maximum absolute atomic E-state index is 12.7. The van der Waals surface area contributed by atoms with Gasteiger partial charge in [0.1, 0.15) is 0 Å². The first-order chi connectivity index (χ1) is 11.2. The highest BCUT2D eigenvalue weighted by Crippen LogP contribution is 2.39. The number of hydrogen-bond donors (Lipinski definition) is 2. The minimum Gasteiger partial charge on any atom is -0.493 e. The molecule has 128 valence electrons. The van der Waals surface area contributed by atoms with Crippen molar-refractivity contribution in [3.05, 3.63) is 17.7 Å². The Morgan fingerprint density at radius 1 is 1.17 bits per heavy atom. The lowest BCUT2D eigenvalue weighted by molar-refractivity contribution is 0.0920. The number of nitrogens with two attached hydrogens (primary N) is 1.